The van der Waals surface area contributed by atoms with Crippen LogP contribution in [-0.4, -0.2) is 54.8 Å². The van der Waals surface area contributed by atoms with Crippen molar-refractivity contribution < 1.29 is 13.9 Å². The number of hydrogen-bond donors (Lipinski definition) is 0. The maximum atomic E-state index is 15.4. The van der Waals surface area contributed by atoms with Crippen molar-refractivity contribution in [1.82, 2.24) is 9.47 Å². The van der Waals surface area contributed by atoms with Crippen molar-refractivity contribution in [1.29, 1.82) is 0 Å². The second-order valence-corrected chi connectivity index (χ2v) is 12.5. The second kappa shape index (κ2) is 17.0. The Hall–Kier alpha value is -2.41. The van der Waals surface area contributed by atoms with Crippen LogP contribution in [0.2, 0.25) is 0 Å². The van der Waals surface area contributed by atoms with Crippen molar-refractivity contribution in [2.75, 3.05) is 44.2 Å². The van der Waals surface area contributed by atoms with E-state index in [1.165, 1.54) is 96.0 Å². The largest absolute Gasteiger partial charge is 0.462 e. The summed E-state index contributed by atoms with van der Waals surface area (Å²) in [5.74, 6) is -1.04. The Balaban J connectivity index is 1.18. The highest BCUT2D eigenvalue weighted by molar-refractivity contribution is 5.94. The number of nitrogens with zero attached hydrogens (tertiary/aromatic N) is 3. The Morgan fingerprint density at radius 2 is 1.40 bits per heavy atom. The lowest BCUT2D eigenvalue weighted by Gasteiger charge is -2.36. The van der Waals surface area contributed by atoms with Gasteiger partial charge in [-0.2, -0.15) is 0 Å². The summed E-state index contributed by atoms with van der Waals surface area (Å²) in [7, 11) is 0. The van der Waals surface area contributed by atoms with E-state index in [1.807, 2.05) is 10.6 Å². The van der Waals surface area contributed by atoms with Crippen LogP contribution in [0.3, 0.4) is 0 Å². The monoisotopic (exact) mass is 583 g/mol. The number of halogens is 1. The normalized spacial score (nSPS) is 15.9. The first-order valence-corrected chi connectivity index (χ1v) is 17.1. The predicted octanol–water partition coefficient (Wildman–Crippen LogP) is 8.26. The number of aromatic nitrogens is 1. The topological polar surface area (TPSA) is 54.8 Å². The van der Waals surface area contributed by atoms with Gasteiger partial charge in [-0.3, -0.25) is 9.69 Å². The highest BCUT2D eigenvalue weighted by atomic mass is 19.1. The number of fused-ring (bicyclic) bond motifs is 1. The first-order chi connectivity index (χ1) is 20.5. The molecule has 6 nitrogen and oxygen atoms in total. The number of ether oxygens (including phenoxy) is 1. The van der Waals surface area contributed by atoms with Crippen molar-refractivity contribution in [3.05, 3.63) is 39.9 Å². The lowest BCUT2D eigenvalue weighted by atomic mass is 10.0. The molecule has 2 aliphatic rings. The molecule has 1 saturated heterocycles. The second-order valence-electron chi connectivity index (χ2n) is 12.5. The minimum absolute atomic E-state index is 0.0134. The first kappa shape index (κ1) is 32.5. The Labute approximate surface area is 252 Å². The lowest BCUT2D eigenvalue weighted by Crippen LogP contribution is -2.47. The Kier molecular flexibility index (Phi) is 13.2. The summed E-state index contributed by atoms with van der Waals surface area (Å²) in [5.41, 5.74) is 0.789. The molecule has 4 rings (SSSR count). The fourth-order valence-corrected chi connectivity index (χ4v) is 6.35. The molecule has 0 radical (unpaired) electrons. The van der Waals surface area contributed by atoms with Gasteiger partial charge in [-0.25, -0.2) is 9.18 Å². The summed E-state index contributed by atoms with van der Waals surface area (Å²) in [5, 5.41) is 0.255. The van der Waals surface area contributed by atoms with Gasteiger partial charge in [0.2, 0.25) is 5.43 Å². The molecule has 2 aromatic rings. The van der Waals surface area contributed by atoms with Crippen molar-refractivity contribution in [2.24, 2.45) is 0 Å². The van der Waals surface area contributed by atoms with Crippen molar-refractivity contribution >= 4 is 22.6 Å². The molecular formula is C35H54FN3O3. The molecule has 2 heterocycles. The zero-order chi connectivity index (χ0) is 29.7. The zero-order valence-corrected chi connectivity index (χ0v) is 26.3. The highest BCUT2D eigenvalue weighted by Gasteiger charge is 2.29. The van der Waals surface area contributed by atoms with Crippen LogP contribution in [0, 0.1) is 5.82 Å². The van der Waals surface area contributed by atoms with Crippen LogP contribution in [0.15, 0.2) is 23.1 Å². The number of benzene rings is 1. The van der Waals surface area contributed by atoms with Gasteiger partial charge in [0.1, 0.15) is 11.4 Å². The fraction of sp³-hybridized carbons (Fsp3) is 0.714. The van der Waals surface area contributed by atoms with E-state index < -0.39 is 17.2 Å². The van der Waals surface area contributed by atoms with Gasteiger partial charge in [-0.1, -0.05) is 90.4 Å². The minimum Gasteiger partial charge on any atom is -0.462 e. The smallest absolute Gasteiger partial charge is 0.343 e. The number of carbonyl (C=O) groups excluding carboxylic acids is 1. The average Bonchev–Trinajstić information content (AvgIpc) is 3.84. The van der Waals surface area contributed by atoms with Gasteiger partial charge in [0, 0.05) is 43.8 Å². The van der Waals surface area contributed by atoms with E-state index in [9.17, 15) is 9.59 Å². The van der Waals surface area contributed by atoms with E-state index in [4.69, 9.17) is 4.74 Å². The number of unbranched alkanes of at least 4 members (excludes halogenated alkanes) is 13. The summed E-state index contributed by atoms with van der Waals surface area (Å²) in [6, 6.07) is 3.39. The Bertz CT molecular complexity index is 1180. The van der Waals surface area contributed by atoms with Crippen LogP contribution in [-0.2, 0) is 4.74 Å². The third-order valence-corrected chi connectivity index (χ3v) is 9.08. The fourth-order valence-electron chi connectivity index (χ4n) is 6.35. The molecule has 0 N–H and O–H groups in total. The average molecular weight is 584 g/mol. The van der Waals surface area contributed by atoms with Gasteiger partial charge in [0.05, 0.1) is 17.8 Å². The molecule has 7 heteroatoms. The van der Waals surface area contributed by atoms with Gasteiger partial charge in [-0.05, 0) is 44.9 Å². The molecular weight excluding hydrogens is 529 g/mol. The number of pyridine rings is 1. The van der Waals surface area contributed by atoms with Gasteiger partial charge in [0.15, 0.2) is 0 Å². The number of carbonyl (C=O) groups is 1. The molecule has 0 atom stereocenters. The lowest BCUT2D eigenvalue weighted by molar-refractivity contribution is 0.0524. The van der Waals surface area contributed by atoms with E-state index >= 15 is 4.39 Å². The van der Waals surface area contributed by atoms with Crippen molar-refractivity contribution in [3.63, 3.8) is 0 Å². The minimum atomic E-state index is -0.641. The van der Waals surface area contributed by atoms with E-state index in [0.717, 1.165) is 45.6 Å². The van der Waals surface area contributed by atoms with Crippen LogP contribution in [0.5, 0.6) is 0 Å². The van der Waals surface area contributed by atoms with Crippen LogP contribution in [0.25, 0.3) is 10.9 Å². The standard InChI is InChI=1S/C35H54FN3O3/c1-3-5-6-7-8-9-10-11-12-13-14-15-16-17-20-37-21-23-38(24-22-37)33-26-32-29(25-31(33)36)34(40)30(35(41)42-4-2)27-39(32)28-18-19-28/h25-28H,3-24H2,1-2H3. The van der Waals surface area contributed by atoms with E-state index in [1.54, 1.807) is 13.1 Å². The SMILES string of the molecule is CCCCCCCCCCCCCCCCN1CCN(c2cc3c(cc2F)c(=O)c(C(=O)OCC)cn3C2CC2)CC1. The molecule has 0 bridgehead atoms. The molecule has 2 fully saturated rings. The van der Waals surface area contributed by atoms with Gasteiger partial charge < -0.3 is 14.2 Å². The maximum absolute atomic E-state index is 15.4. The van der Waals surface area contributed by atoms with Crippen LogP contribution >= 0.6 is 0 Å². The number of piperazine rings is 1. The quantitative estimate of drug-likeness (QED) is 0.123. The number of rotatable bonds is 19. The van der Waals surface area contributed by atoms with Crippen molar-refractivity contribution in [2.45, 2.75) is 123 Å². The zero-order valence-electron chi connectivity index (χ0n) is 26.3. The Morgan fingerprint density at radius 3 is 1.95 bits per heavy atom. The maximum Gasteiger partial charge on any atom is 0.343 e. The molecule has 0 spiro atoms. The Morgan fingerprint density at radius 1 is 0.833 bits per heavy atom. The molecule has 0 amide bonds. The summed E-state index contributed by atoms with van der Waals surface area (Å²) in [6.45, 7) is 8.69. The third kappa shape index (κ3) is 9.29. The highest BCUT2D eigenvalue weighted by Crippen LogP contribution is 2.38. The summed E-state index contributed by atoms with van der Waals surface area (Å²) >= 11 is 0. The number of esters is 1. The number of hydrogen-bond acceptors (Lipinski definition) is 5. The summed E-state index contributed by atoms with van der Waals surface area (Å²) in [6.07, 6.45) is 22.8. The number of anilines is 1. The summed E-state index contributed by atoms with van der Waals surface area (Å²) < 4.78 is 22.5. The molecule has 1 aliphatic carbocycles. The molecule has 1 aromatic carbocycles. The molecule has 0 unspecified atom stereocenters. The molecule has 1 saturated carbocycles. The van der Waals surface area contributed by atoms with Gasteiger partial charge in [0.25, 0.3) is 0 Å². The molecule has 42 heavy (non-hydrogen) atoms. The van der Waals surface area contributed by atoms with E-state index in [2.05, 4.69) is 16.7 Å². The molecule has 1 aromatic heterocycles. The predicted molar refractivity (Wildman–Crippen MR) is 171 cm³/mol. The van der Waals surface area contributed by atoms with Crippen molar-refractivity contribution in [3.8, 4) is 0 Å². The van der Waals surface area contributed by atoms with Crippen LogP contribution in [0.4, 0.5) is 10.1 Å². The first-order valence-electron chi connectivity index (χ1n) is 17.1. The van der Waals surface area contributed by atoms with E-state index in [0.29, 0.717) is 11.2 Å². The van der Waals surface area contributed by atoms with Gasteiger partial charge in [-0.15, -0.1) is 0 Å². The third-order valence-electron chi connectivity index (χ3n) is 9.08. The van der Waals surface area contributed by atoms with Crippen LogP contribution in [0.1, 0.15) is 133 Å². The van der Waals surface area contributed by atoms with Gasteiger partial charge >= 0.3 is 5.97 Å². The van der Waals surface area contributed by atoms with E-state index in [-0.39, 0.29) is 23.6 Å². The summed E-state index contributed by atoms with van der Waals surface area (Å²) in [4.78, 5) is 30.1. The molecule has 234 valence electrons. The van der Waals surface area contributed by atoms with Crippen LogP contribution < -0.4 is 10.3 Å². The molecule has 1 aliphatic heterocycles.